The summed E-state index contributed by atoms with van der Waals surface area (Å²) in [5.74, 6) is -0.311. The fourth-order valence-corrected chi connectivity index (χ4v) is 5.09. The van der Waals surface area contributed by atoms with Crippen molar-refractivity contribution < 1.29 is 13.2 Å². The molecule has 0 saturated heterocycles. The monoisotopic (exact) mass is 441 g/mol. The summed E-state index contributed by atoms with van der Waals surface area (Å²) in [7, 11) is -3.67. The van der Waals surface area contributed by atoms with E-state index in [1.54, 1.807) is 53.8 Å². The van der Waals surface area contributed by atoms with Gasteiger partial charge >= 0.3 is 0 Å². The van der Waals surface area contributed by atoms with E-state index in [1.807, 2.05) is 22.9 Å². The molecule has 0 spiro atoms. The number of benzene rings is 2. The van der Waals surface area contributed by atoms with Crippen molar-refractivity contribution in [2.45, 2.75) is 4.90 Å². The molecule has 0 atom stereocenters. The van der Waals surface area contributed by atoms with Crippen molar-refractivity contribution in [3.63, 3.8) is 0 Å². The Hall–Kier alpha value is -3.01. The van der Waals surface area contributed by atoms with Crippen molar-refractivity contribution in [1.82, 2.24) is 4.98 Å². The lowest BCUT2D eigenvalue weighted by molar-refractivity contribution is 0.102. The maximum absolute atomic E-state index is 12.4. The van der Waals surface area contributed by atoms with Crippen molar-refractivity contribution in [3.8, 4) is 10.6 Å². The van der Waals surface area contributed by atoms with E-state index in [-0.39, 0.29) is 10.8 Å². The van der Waals surface area contributed by atoms with Crippen LogP contribution in [0.2, 0.25) is 0 Å². The largest absolute Gasteiger partial charge is 0.298 e. The molecule has 0 aliphatic carbocycles. The van der Waals surface area contributed by atoms with E-state index in [9.17, 15) is 13.2 Å². The first-order valence-electron chi connectivity index (χ1n) is 8.50. The van der Waals surface area contributed by atoms with E-state index in [0.717, 1.165) is 10.6 Å². The van der Waals surface area contributed by atoms with Gasteiger partial charge < -0.3 is 0 Å². The Balaban J connectivity index is 1.43. The molecule has 9 heteroatoms. The van der Waals surface area contributed by atoms with Crippen LogP contribution in [-0.4, -0.2) is 19.3 Å². The van der Waals surface area contributed by atoms with Crippen LogP contribution in [0.15, 0.2) is 82.4 Å². The van der Waals surface area contributed by atoms with Gasteiger partial charge in [-0.1, -0.05) is 24.3 Å². The summed E-state index contributed by atoms with van der Waals surface area (Å²) >= 11 is 2.94. The van der Waals surface area contributed by atoms with Crippen LogP contribution in [0.25, 0.3) is 10.6 Å². The van der Waals surface area contributed by atoms with Gasteiger partial charge in [0.25, 0.3) is 15.9 Å². The number of aromatic nitrogens is 1. The van der Waals surface area contributed by atoms with Gasteiger partial charge in [0.1, 0.15) is 0 Å². The molecule has 0 aliphatic heterocycles. The SMILES string of the molecule is O=C(Nc1nc(-c2cccs2)cs1)c1ccc(NS(=O)(=O)c2ccccc2)cc1. The number of nitrogens with one attached hydrogen (secondary N) is 2. The van der Waals surface area contributed by atoms with Crippen LogP contribution in [0.1, 0.15) is 10.4 Å². The van der Waals surface area contributed by atoms with E-state index in [0.29, 0.717) is 16.4 Å². The number of thiophene rings is 1. The predicted octanol–water partition coefficient (Wildman–Crippen LogP) is 4.92. The number of anilines is 2. The molecule has 4 rings (SSSR count). The van der Waals surface area contributed by atoms with E-state index in [4.69, 9.17) is 0 Å². The highest BCUT2D eigenvalue weighted by atomic mass is 32.2. The van der Waals surface area contributed by atoms with Crippen LogP contribution in [-0.2, 0) is 10.0 Å². The molecule has 2 N–H and O–H groups in total. The van der Waals surface area contributed by atoms with E-state index in [2.05, 4.69) is 15.0 Å². The first-order valence-corrected chi connectivity index (χ1v) is 11.7. The number of hydrogen-bond acceptors (Lipinski definition) is 6. The summed E-state index contributed by atoms with van der Waals surface area (Å²) in [6.45, 7) is 0. The average Bonchev–Trinajstić information content (AvgIpc) is 3.41. The number of hydrogen-bond donors (Lipinski definition) is 2. The van der Waals surface area contributed by atoms with Gasteiger partial charge in [-0.05, 0) is 47.8 Å². The van der Waals surface area contributed by atoms with Gasteiger partial charge in [-0.15, -0.1) is 22.7 Å². The highest BCUT2D eigenvalue weighted by Gasteiger charge is 2.14. The highest BCUT2D eigenvalue weighted by molar-refractivity contribution is 7.92. The topological polar surface area (TPSA) is 88.2 Å². The number of carbonyl (C=O) groups is 1. The fourth-order valence-electron chi connectivity index (χ4n) is 2.54. The molecular weight excluding hydrogens is 426 g/mol. The molecule has 1 amide bonds. The predicted molar refractivity (Wildman–Crippen MR) is 117 cm³/mol. The molecule has 2 aromatic heterocycles. The minimum Gasteiger partial charge on any atom is -0.298 e. The molecule has 0 radical (unpaired) electrons. The minimum atomic E-state index is -3.67. The highest BCUT2D eigenvalue weighted by Crippen LogP contribution is 2.28. The quantitative estimate of drug-likeness (QED) is 0.444. The molecule has 2 heterocycles. The summed E-state index contributed by atoms with van der Waals surface area (Å²) in [5.41, 5.74) is 1.60. The third-order valence-electron chi connectivity index (χ3n) is 3.95. The second-order valence-electron chi connectivity index (χ2n) is 5.97. The van der Waals surface area contributed by atoms with Gasteiger partial charge in [0.2, 0.25) is 0 Å². The van der Waals surface area contributed by atoms with Crippen molar-refractivity contribution >= 4 is 49.4 Å². The number of nitrogens with zero attached hydrogens (tertiary/aromatic N) is 1. The molecule has 4 aromatic rings. The van der Waals surface area contributed by atoms with Crippen molar-refractivity contribution in [2.24, 2.45) is 0 Å². The smallest absolute Gasteiger partial charge is 0.261 e. The summed E-state index contributed by atoms with van der Waals surface area (Å²) in [6.07, 6.45) is 0. The van der Waals surface area contributed by atoms with Crippen LogP contribution in [0, 0.1) is 0 Å². The van der Waals surface area contributed by atoms with E-state index in [1.165, 1.54) is 23.5 Å². The molecular formula is C20H15N3O3S3. The molecule has 0 bridgehead atoms. The van der Waals surface area contributed by atoms with E-state index >= 15 is 0 Å². The second kappa shape index (κ2) is 8.16. The molecule has 146 valence electrons. The number of amides is 1. The maximum Gasteiger partial charge on any atom is 0.261 e. The van der Waals surface area contributed by atoms with Gasteiger partial charge in [-0.25, -0.2) is 13.4 Å². The molecule has 2 aromatic carbocycles. The summed E-state index contributed by atoms with van der Waals surface area (Å²) < 4.78 is 27.2. The maximum atomic E-state index is 12.4. The van der Waals surface area contributed by atoms with E-state index < -0.39 is 10.0 Å². The Morgan fingerprint density at radius 2 is 1.66 bits per heavy atom. The minimum absolute atomic E-state index is 0.173. The van der Waals surface area contributed by atoms with Crippen LogP contribution in [0.4, 0.5) is 10.8 Å². The first kappa shape index (κ1) is 19.3. The third-order valence-corrected chi connectivity index (χ3v) is 7.00. The van der Waals surface area contributed by atoms with Gasteiger partial charge in [0.05, 0.1) is 15.5 Å². The lowest BCUT2D eigenvalue weighted by Crippen LogP contribution is -2.14. The summed E-state index contributed by atoms with van der Waals surface area (Å²) in [5, 5.41) is 7.14. The zero-order chi connectivity index (χ0) is 20.3. The van der Waals surface area contributed by atoms with Gasteiger partial charge in [0, 0.05) is 16.6 Å². The summed E-state index contributed by atoms with van der Waals surface area (Å²) in [4.78, 5) is 18.1. The van der Waals surface area contributed by atoms with Gasteiger partial charge in [0.15, 0.2) is 5.13 Å². The zero-order valence-electron chi connectivity index (χ0n) is 14.9. The normalized spacial score (nSPS) is 11.2. The van der Waals surface area contributed by atoms with Gasteiger partial charge in [-0.2, -0.15) is 0 Å². The fraction of sp³-hybridized carbons (Fsp3) is 0. The summed E-state index contributed by atoms with van der Waals surface area (Å²) in [6, 6.07) is 18.2. The molecule has 29 heavy (non-hydrogen) atoms. The van der Waals surface area contributed by atoms with Crippen molar-refractivity contribution in [2.75, 3.05) is 10.0 Å². The standard InChI is InChI=1S/C20H15N3O3S3/c24-19(22-20-21-17(13-28-20)18-7-4-12-27-18)14-8-10-15(11-9-14)23-29(25,26)16-5-2-1-3-6-16/h1-13,23H,(H,21,22,24). The average molecular weight is 442 g/mol. The number of thiazole rings is 1. The lowest BCUT2D eigenvalue weighted by atomic mass is 10.2. The first-order chi connectivity index (χ1) is 14.0. The van der Waals surface area contributed by atoms with Crippen LogP contribution in [0.3, 0.4) is 0 Å². The zero-order valence-corrected chi connectivity index (χ0v) is 17.4. The lowest BCUT2D eigenvalue weighted by Gasteiger charge is -2.08. The molecule has 0 saturated carbocycles. The molecule has 0 aliphatic rings. The van der Waals surface area contributed by atoms with Crippen LogP contribution in [0.5, 0.6) is 0 Å². The van der Waals surface area contributed by atoms with Crippen molar-refractivity contribution in [3.05, 3.63) is 83.1 Å². The second-order valence-corrected chi connectivity index (χ2v) is 9.45. The Morgan fingerprint density at radius 3 is 2.34 bits per heavy atom. The van der Waals surface area contributed by atoms with Gasteiger partial charge in [-0.3, -0.25) is 14.8 Å². The Kier molecular flexibility index (Phi) is 5.43. The Labute approximate surface area is 175 Å². The number of rotatable bonds is 6. The molecule has 6 nitrogen and oxygen atoms in total. The Bertz CT molecular complexity index is 1220. The van der Waals surface area contributed by atoms with Crippen LogP contribution < -0.4 is 10.0 Å². The Morgan fingerprint density at radius 1 is 0.897 bits per heavy atom. The number of carbonyl (C=O) groups excluding carboxylic acids is 1. The van der Waals surface area contributed by atoms with Crippen molar-refractivity contribution in [1.29, 1.82) is 0 Å². The molecule has 0 unspecified atom stereocenters. The van der Waals surface area contributed by atoms with Crippen LogP contribution >= 0.6 is 22.7 Å². The third kappa shape index (κ3) is 4.53. The number of sulfonamides is 1. The molecule has 0 fully saturated rings.